The molecule has 0 saturated carbocycles. The van der Waals surface area contributed by atoms with Gasteiger partial charge in [0, 0.05) is 12.8 Å². The van der Waals surface area contributed by atoms with Crippen LogP contribution in [0, 0.1) is 0 Å². The third-order valence-corrected chi connectivity index (χ3v) is 1.68. The first-order chi connectivity index (χ1) is 7.04. The van der Waals surface area contributed by atoms with Crippen molar-refractivity contribution in [3.05, 3.63) is 35.7 Å². The number of pyridine rings is 1. The van der Waals surface area contributed by atoms with Gasteiger partial charge in [0.25, 0.3) is 0 Å². The molecule has 0 aliphatic rings. The summed E-state index contributed by atoms with van der Waals surface area (Å²) in [4.78, 5) is 3.29. The predicted octanol–water partition coefficient (Wildman–Crippen LogP) is 2.50. The Balaban J connectivity index is 2.73. The van der Waals surface area contributed by atoms with Gasteiger partial charge in [0.2, 0.25) is 0 Å². The van der Waals surface area contributed by atoms with Crippen LogP contribution in [0.4, 0.5) is 13.2 Å². The van der Waals surface area contributed by atoms with Gasteiger partial charge in [-0.1, -0.05) is 18.2 Å². The summed E-state index contributed by atoms with van der Waals surface area (Å²) in [6, 6.07) is 2.27. The van der Waals surface area contributed by atoms with Crippen molar-refractivity contribution in [2.45, 2.75) is 12.6 Å². The molecule has 5 heteroatoms. The minimum Gasteiger partial charge on any atom is -0.396 e. The summed E-state index contributed by atoms with van der Waals surface area (Å²) < 4.78 is 36.3. The highest BCUT2D eigenvalue weighted by Gasteiger charge is 2.31. The van der Waals surface area contributed by atoms with Gasteiger partial charge in [-0.2, -0.15) is 13.2 Å². The van der Waals surface area contributed by atoms with Crippen molar-refractivity contribution in [3.63, 3.8) is 0 Å². The summed E-state index contributed by atoms with van der Waals surface area (Å²) in [6.45, 7) is 0.0184. The highest BCUT2D eigenvalue weighted by molar-refractivity contribution is 5.47. The summed E-state index contributed by atoms with van der Waals surface area (Å²) in [5, 5.41) is 8.48. The van der Waals surface area contributed by atoms with Gasteiger partial charge in [-0.3, -0.25) is 4.98 Å². The molecule has 1 N–H and O–H groups in total. The smallest absolute Gasteiger partial charge is 0.396 e. The monoisotopic (exact) mass is 217 g/mol. The molecule has 15 heavy (non-hydrogen) atoms. The Labute approximate surface area is 85.1 Å². The molecule has 0 unspecified atom stereocenters. The number of aliphatic hydroxyl groups excluding tert-OH is 1. The standard InChI is InChI=1S/C10H10F3NO/c11-10(12,13)9-5-4-8(7-14-9)3-1-2-6-15/h1,3-5,7,15H,2,6H2. The third kappa shape index (κ3) is 3.71. The van der Waals surface area contributed by atoms with Crippen LogP contribution in [0.2, 0.25) is 0 Å². The second-order valence-corrected chi connectivity index (χ2v) is 2.89. The average molecular weight is 217 g/mol. The zero-order chi connectivity index (χ0) is 11.3. The van der Waals surface area contributed by atoms with E-state index in [9.17, 15) is 13.2 Å². The maximum Gasteiger partial charge on any atom is 0.433 e. The van der Waals surface area contributed by atoms with Crippen LogP contribution in [-0.2, 0) is 6.18 Å². The number of hydrogen-bond donors (Lipinski definition) is 1. The maximum atomic E-state index is 12.1. The quantitative estimate of drug-likeness (QED) is 0.843. The van der Waals surface area contributed by atoms with Crippen molar-refractivity contribution in [2.75, 3.05) is 6.61 Å². The van der Waals surface area contributed by atoms with E-state index in [1.165, 1.54) is 6.07 Å². The largest absolute Gasteiger partial charge is 0.433 e. The fraction of sp³-hybridized carbons (Fsp3) is 0.300. The predicted molar refractivity (Wildman–Crippen MR) is 50.0 cm³/mol. The maximum absolute atomic E-state index is 12.1. The first kappa shape index (κ1) is 11.7. The summed E-state index contributed by atoms with van der Waals surface area (Å²) in [7, 11) is 0. The van der Waals surface area contributed by atoms with E-state index in [2.05, 4.69) is 4.98 Å². The molecule has 0 aliphatic carbocycles. The second-order valence-electron chi connectivity index (χ2n) is 2.89. The van der Waals surface area contributed by atoms with Crippen LogP contribution in [-0.4, -0.2) is 16.7 Å². The molecule has 0 bridgehead atoms. The van der Waals surface area contributed by atoms with Gasteiger partial charge in [-0.25, -0.2) is 0 Å². The van der Waals surface area contributed by atoms with Crippen LogP contribution in [0.3, 0.4) is 0 Å². The van der Waals surface area contributed by atoms with E-state index in [-0.39, 0.29) is 6.61 Å². The van der Waals surface area contributed by atoms with E-state index in [0.29, 0.717) is 12.0 Å². The van der Waals surface area contributed by atoms with Crippen LogP contribution in [0.25, 0.3) is 6.08 Å². The van der Waals surface area contributed by atoms with Crippen LogP contribution in [0.1, 0.15) is 17.7 Å². The molecule has 0 radical (unpaired) electrons. The van der Waals surface area contributed by atoms with Crippen molar-refractivity contribution in [1.29, 1.82) is 0 Å². The number of halogens is 3. The third-order valence-electron chi connectivity index (χ3n) is 1.68. The highest BCUT2D eigenvalue weighted by atomic mass is 19.4. The van der Waals surface area contributed by atoms with Gasteiger partial charge < -0.3 is 5.11 Å². The molecule has 1 aromatic heterocycles. The Morgan fingerprint density at radius 2 is 2.07 bits per heavy atom. The summed E-state index contributed by atoms with van der Waals surface area (Å²) in [6.07, 6.45) is 0.513. The van der Waals surface area contributed by atoms with E-state index >= 15 is 0 Å². The number of alkyl halides is 3. The van der Waals surface area contributed by atoms with Crippen molar-refractivity contribution in [2.24, 2.45) is 0 Å². The van der Waals surface area contributed by atoms with Gasteiger partial charge >= 0.3 is 6.18 Å². The van der Waals surface area contributed by atoms with Crippen molar-refractivity contribution >= 4 is 6.08 Å². The Hall–Kier alpha value is -1.36. The Morgan fingerprint density at radius 1 is 1.33 bits per heavy atom. The number of nitrogens with zero attached hydrogens (tertiary/aromatic N) is 1. The molecular formula is C10H10F3NO. The molecule has 82 valence electrons. The summed E-state index contributed by atoms with van der Waals surface area (Å²) in [5.41, 5.74) is -0.321. The minimum absolute atomic E-state index is 0.0184. The fourth-order valence-electron chi connectivity index (χ4n) is 0.966. The van der Waals surface area contributed by atoms with Crippen LogP contribution in [0.15, 0.2) is 24.4 Å². The Bertz CT molecular complexity index is 330. The Kier molecular flexibility index (Phi) is 3.85. The molecule has 0 spiro atoms. The lowest BCUT2D eigenvalue weighted by Crippen LogP contribution is -2.07. The first-order valence-corrected chi connectivity index (χ1v) is 4.34. The van der Waals surface area contributed by atoms with E-state index in [0.717, 1.165) is 12.3 Å². The van der Waals surface area contributed by atoms with Crippen LogP contribution < -0.4 is 0 Å². The molecule has 2 nitrogen and oxygen atoms in total. The lowest BCUT2D eigenvalue weighted by molar-refractivity contribution is -0.141. The molecule has 0 aliphatic heterocycles. The minimum atomic E-state index is -4.40. The van der Waals surface area contributed by atoms with Gasteiger partial charge in [0.15, 0.2) is 0 Å². The van der Waals surface area contributed by atoms with E-state index in [1.807, 2.05) is 0 Å². The summed E-state index contributed by atoms with van der Waals surface area (Å²) in [5.74, 6) is 0. The number of aliphatic hydroxyl groups is 1. The SMILES string of the molecule is OCCC=Cc1ccc(C(F)(F)F)nc1. The molecule has 0 saturated heterocycles. The number of aromatic nitrogens is 1. The van der Waals surface area contributed by atoms with Crippen LogP contribution >= 0.6 is 0 Å². The zero-order valence-electron chi connectivity index (χ0n) is 7.83. The van der Waals surface area contributed by atoms with E-state index < -0.39 is 11.9 Å². The number of rotatable bonds is 3. The zero-order valence-corrected chi connectivity index (χ0v) is 7.83. The van der Waals surface area contributed by atoms with E-state index in [1.54, 1.807) is 12.2 Å². The molecule has 1 rings (SSSR count). The van der Waals surface area contributed by atoms with Gasteiger partial charge in [-0.05, 0) is 18.1 Å². The first-order valence-electron chi connectivity index (χ1n) is 4.34. The Morgan fingerprint density at radius 3 is 2.53 bits per heavy atom. The second kappa shape index (κ2) is 4.93. The molecule has 0 atom stereocenters. The van der Waals surface area contributed by atoms with Gasteiger partial charge in [0.05, 0.1) is 0 Å². The topological polar surface area (TPSA) is 33.1 Å². The molecule has 0 aromatic carbocycles. The average Bonchev–Trinajstić information content (AvgIpc) is 2.18. The van der Waals surface area contributed by atoms with Crippen LogP contribution in [0.5, 0.6) is 0 Å². The molecule has 1 heterocycles. The highest BCUT2D eigenvalue weighted by Crippen LogP contribution is 2.27. The van der Waals surface area contributed by atoms with E-state index in [4.69, 9.17) is 5.11 Å². The van der Waals surface area contributed by atoms with Crippen molar-refractivity contribution in [1.82, 2.24) is 4.98 Å². The van der Waals surface area contributed by atoms with Crippen molar-refractivity contribution in [3.8, 4) is 0 Å². The molecule has 1 aromatic rings. The summed E-state index contributed by atoms with van der Waals surface area (Å²) >= 11 is 0. The molecular weight excluding hydrogens is 207 g/mol. The lowest BCUT2D eigenvalue weighted by atomic mass is 10.2. The molecule has 0 fully saturated rings. The van der Waals surface area contributed by atoms with Gasteiger partial charge in [-0.15, -0.1) is 0 Å². The molecule has 0 amide bonds. The fourth-order valence-corrected chi connectivity index (χ4v) is 0.966. The lowest BCUT2D eigenvalue weighted by Gasteiger charge is -2.04. The van der Waals surface area contributed by atoms with Gasteiger partial charge in [0.1, 0.15) is 5.69 Å². The normalized spacial score (nSPS) is 12.3. The number of hydrogen-bond acceptors (Lipinski definition) is 2. The van der Waals surface area contributed by atoms with Crippen molar-refractivity contribution < 1.29 is 18.3 Å².